The van der Waals surface area contributed by atoms with Gasteiger partial charge in [0.05, 0.1) is 4.70 Å². The molecule has 228 valence electrons. The van der Waals surface area contributed by atoms with E-state index in [-0.39, 0.29) is 0 Å². The first kappa shape index (κ1) is 26.7. The first-order valence-corrected chi connectivity index (χ1v) is 17.0. The molecule has 4 aromatic heterocycles. The van der Waals surface area contributed by atoms with Gasteiger partial charge in [-0.2, -0.15) is 0 Å². The van der Waals surface area contributed by atoms with Crippen molar-refractivity contribution in [2.45, 2.75) is 0 Å². The molecule has 0 N–H and O–H groups in total. The number of rotatable bonds is 3. The number of nitrogens with zero attached hydrogens (tertiary/aromatic N) is 3. The summed E-state index contributed by atoms with van der Waals surface area (Å²) in [5.74, 6) is 1.81. The monoisotopic (exact) mass is 645 g/mol. The Morgan fingerprint density at radius 2 is 1.10 bits per heavy atom. The molecule has 0 spiro atoms. The van der Waals surface area contributed by atoms with Gasteiger partial charge in [0.25, 0.3) is 0 Å². The number of hydrogen-bond acceptors (Lipinski definition) is 6. The Balaban J connectivity index is 1.20. The molecule has 6 heteroatoms. The number of aromatic nitrogens is 3. The first-order valence-electron chi connectivity index (χ1n) is 16.2. The van der Waals surface area contributed by atoms with Crippen molar-refractivity contribution in [2.75, 3.05) is 0 Å². The molecule has 0 bridgehead atoms. The van der Waals surface area contributed by atoms with Crippen LogP contribution >= 0.6 is 11.3 Å². The fourth-order valence-electron chi connectivity index (χ4n) is 7.22. The van der Waals surface area contributed by atoms with Gasteiger partial charge in [-0.1, -0.05) is 103 Å². The maximum absolute atomic E-state index is 6.55. The largest absolute Gasteiger partial charge is 0.455 e. The van der Waals surface area contributed by atoms with Crippen LogP contribution in [-0.2, 0) is 0 Å². The van der Waals surface area contributed by atoms with Crippen LogP contribution in [0.5, 0.6) is 0 Å². The predicted octanol–water partition coefficient (Wildman–Crippen LogP) is 12.2. The Labute approximate surface area is 282 Å². The highest BCUT2D eigenvalue weighted by molar-refractivity contribution is 7.26. The fourth-order valence-corrected chi connectivity index (χ4v) is 8.43. The summed E-state index contributed by atoms with van der Waals surface area (Å²) in [4.78, 5) is 15.4. The second-order valence-corrected chi connectivity index (χ2v) is 13.4. The molecule has 0 saturated heterocycles. The van der Waals surface area contributed by atoms with Crippen LogP contribution in [0.3, 0.4) is 0 Å². The van der Waals surface area contributed by atoms with Gasteiger partial charge >= 0.3 is 0 Å². The maximum atomic E-state index is 6.55. The van der Waals surface area contributed by atoms with Crippen molar-refractivity contribution >= 4 is 86.2 Å². The van der Waals surface area contributed by atoms with Crippen molar-refractivity contribution in [3.63, 3.8) is 0 Å². The molecule has 0 unspecified atom stereocenters. The van der Waals surface area contributed by atoms with Crippen LogP contribution < -0.4 is 0 Å². The van der Waals surface area contributed by atoms with E-state index in [0.717, 1.165) is 86.8 Å². The van der Waals surface area contributed by atoms with Crippen molar-refractivity contribution < 1.29 is 8.83 Å². The lowest BCUT2D eigenvalue weighted by molar-refractivity contribution is 0.672. The van der Waals surface area contributed by atoms with Crippen LogP contribution in [0.25, 0.3) is 109 Å². The highest BCUT2D eigenvalue weighted by Gasteiger charge is 2.22. The Bertz CT molecular complexity index is 3120. The van der Waals surface area contributed by atoms with Crippen molar-refractivity contribution in [3.8, 4) is 34.2 Å². The molecule has 0 atom stereocenters. The van der Waals surface area contributed by atoms with Crippen LogP contribution in [0, 0.1) is 0 Å². The lowest BCUT2D eigenvalue weighted by atomic mass is 10.0. The molecule has 7 aromatic carbocycles. The minimum atomic E-state index is 0.586. The molecular formula is C43H23N3O2S. The molecule has 11 aromatic rings. The number of thiophene rings is 1. The number of hydrogen-bond donors (Lipinski definition) is 0. The third-order valence-corrected chi connectivity index (χ3v) is 10.7. The third-order valence-electron chi connectivity index (χ3n) is 9.52. The van der Waals surface area contributed by atoms with Gasteiger partial charge in [-0.25, -0.2) is 15.0 Å². The zero-order valence-corrected chi connectivity index (χ0v) is 26.7. The summed E-state index contributed by atoms with van der Waals surface area (Å²) >= 11 is 1.74. The van der Waals surface area contributed by atoms with E-state index >= 15 is 0 Å². The average Bonchev–Trinajstić information content (AvgIpc) is 3.86. The highest BCUT2D eigenvalue weighted by Crippen LogP contribution is 2.46. The normalized spacial score (nSPS) is 12.1. The summed E-state index contributed by atoms with van der Waals surface area (Å²) in [6.45, 7) is 0. The Morgan fingerprint density at radius 3 is 2.00 bits per heavy atom. The van der Waals surface area contributed by atoms with Gasteiger partial charge in [0.1, 0.15) is 22.3 Å². The zero-order valence-electron chi connectivity index (χ0n) is 25.8. The van der Waals surface area contributed by atoms with Crippen LogP contribution in [0.15, 0.2) is 148 Å². The van der Waals surface area contributed by atoms with E-state index in [2.05, 4.69) is 97.1 Å². The molecule has 49 heavy (non-hydrogen) atoms. The summed E-state index contributed by atoms with van der Waals surface area (Å²) in [5.41, 5.74) is 6.17. The third kappa shape index (κ3) is 3.95. The van der Waals surface area contributed by atoms with Crippen molar-refractivity contribution in [1.29, 1.82) is 0 Å². The van der Waals surface area contributed by atoms with E-state index in [1.165, 1.54) is 4.70 Å². The SMILES string of the molecule is c1ccc(-c2nc(-c3ccc4c(c3)oc3c5ccccc5ccc43)nc(-c3cc4c5ccccc5oc4c4c3sc3ccccc34)n2)cc1. The topological polar surface area (TPSA) is 65.0 Å². The van der Waals surface area contributed by atoms with Crippen LogP contribution in [-0.4, -0.2) is 15.0 Å². The fraction of sp³-hybridized carbons (Fsp3) is 0. The van der Waals surface area contributed by atoms with Gasteiger partial charge in [-0.15, -0.1) is 11.3 Å². The van der Waals surface area contributed by atoms with Crippen molar-refractivity contribution in [2.24, 2.45) is 0 Å². The Hall–Kier alpha value is -6.37. The molecule has 5 nitrogen and oxygen atoms in total. The first-order chi connectivity index (χ1) is 24.3. The van der Waals surface area contributed by atoms with Gasteiger partial charge in [0.15, 0.2) is 17.5 Å². The smallest absolute Gasteiger partial charge is 0.165 e. The minimum Gasteiger partial charge on any atom is -0.455 e. The molecule has 11 rings (SSSR count). The second kappa shape index (κ2) is 10.1. The van der Waals surface area contributed by atoms with Crippen LogP contribution in [0.2, 0.25) is 0 Å². The van der Waals surface area contributed by atoms with Gasteiger partial charge in [-0.05, 0) is 41.8 Å². The number of benzene rings is 7. The molecular weight excluding hydrogens is 623 g/mol. The number of fused-ring (bicyclic) bond motifs is 12. The van der Waals surface area contributed by atoms with Gasteiger partial charge in [0.2, 0.25) is 0 Å². The lowest BCUT2D eigenvalue weighted by Gasteiger charge is -2.09. The maximum Gasteiger partial charge on any atom is 0.165 e. The quantitative estimate of drug-likeness (QED) is 0.191. The van der Waals surface area contributed by atoms with Crippen LogP contribution in [0.1, 0.15) is 0 Å². The van der Waals surface area contributed by atoms with Crippen molar-refractivity contribution in [1.82, 2.24) is 15.0 Å². The summed E-state index contributed by atoms with van der Waals surface area (Å²) in [6.07, 6.45) is 0. The summed E-state index contributed by atoms with van der Waals surface area (Å²) < 4.78 is 15.4. The molecule has 0 amide bonds. The van der Waals surface area contributed by atoms with Crippen LogP contribution in [0.4, 0.5) is 0 Å². The molecule has 0 aliphatic rings. The standard InChI is InChI=1S/C43H23N3O2S/c1-2-11-25(12-3-1)41-44-42(26-19-20-29-30-21-18-24-10-4-5-13-27(24)38(30)48-35(29)22-26)46-43(45-41)33-23-32-28-14-6-8-16-34(28)47-39(32)37-31-15-7-9-17-36(31)49-40(33)37/h1-23H. The second-order valence-electron chi connectivity index (χ2n) is 12.4. The minimum absolute atomic E-state index is 0.586. The van der Waals surface area contributed by atoms with E-state index in [9.17, 15) is 0 Å². The Morgan fingerprint density at radius 1 is 0.429 bits per heavy atom. The van der Waals surface area contributed by atoms with Gasteiger partial charge in [0, 0.05) is 59.1 Å². The van der Waals surface area contributed by atoms with Gasteiger partial charge < -0.3 is 8.83 Å². The van der Waals surface area contributed by atoms with E-state index < -0.39 is 0 Å². The molecule has 0 fully saturated rings. The Kier molecular flexibility index (Phi) is 5.48. The average molecular weight is 646 g/mol. The molecule has 0 radical (unpaired) electrons. The van der Waals surface area contributed by atoms with Crippen molar-refractivity contribution in [3.05, 3.63) is 140 Å². The zero-order chi connectivity index (χ0) is 32.1. The summed E-state index contributed by atoms with van der Waals surface area (Å²) in [5, 5.41) is 8.76. The highest BCUT2D eigenvalue weighted by atomic mass is 32.1. The number of furan rings is 2. The molecule has 4 heterocycles. The lowest BCUT2D eigenvalue weighted by Crippen LogP contribution is -2.00. The predicted molar refractivity (Wildman–Crippen MR) is 201 cm³/mol. The summed E-state index contributed by atoms with van der Waals surface area (Å²) in [7, 11) is 0. The van der Waals surface area contributed by atoms with E-state index in [4.69, 9.17) is 23.8 Å². The van der Waals surface area contributed by atoms with E-state index in [1.54, 1.807) is 11.3 Å². The molecule has 0 saturated carbocycles. The van der Waals surface area contributed by atoms with E-state index in [0.29, 0.717) is 17.5 Å². The van der Waals surface area contributed by atoms with E-state index in [1.807, 2.05) is 42.5 Å². The molecule has 0 aliphatic heterocycles. The van der Waals surface area contributed by atoms with Gasteiger partial charge in [-0.3, -0.25) is 0 Å². The summed E-state index contributed by atoms with van der Waals surface area (Å²) in [6, 6.07) is 47.9. The molecule has 0 aliphatic carbocycles. The number of para-hydroxylation sites is 1.